The van der Waals surface area contributed by atoms with E-state index in [0.29, 0.717) is 6.29 Å². The number of carbonyl (C=O) groups is 1. The van der Waals surface area contributed by atoms with Gasteiger partial charge in [0.05, 0.1) is 6.61 Å². The zero-order chi connectivity index (χ0) is 24.3. The summed E-state index contributed by atoms with van der Waals surface area (Å²) in [6.07, 6.45) is 0.366. The third-order valence-corrected chi connectivity index (χ3v) is 3.16. The van der Waals surface area contributed by atoms with Gasteiger partial charge in [0, 0.05) is 5.56 Å². The Morgan fingerprint density at radius 2 is 1.06 bits per heavy atom. The lowest BCUT2D eigenvalue weighted by atomic mass is 10.2. The van der Waals surface area contributed by atoms with Crippen molar-refractivity contribution < 1.29 is 64.0 Å². The number of carbonyl (C=O) groups excluding carboxylic acids is 1. The van der Waals surface area contributed by atoms with Gasteiger partial charge in [-0.15, -0.1) is 0 Å². The number of rotatable bonds is 10. The van der Waals surface area contributed by atoms with Gasteiger partial charge < -0.3 is 24.1 Å². The molecule has 1 N–H and O–H groups in total. The number of ether oxygens (including phenoxy) is 4. The SMILES string of the molecule is O=Cc1ccc(OC(F)F)c(OC(F)F)c1.OCc1ccc(OC(F)F)c(OC(F)F)c1. The van der Waals surface area contributed by atoms with Crippen molar-refractivity contribution in [2.24, 2.45) is 0 Å². The van der Waals surface area contributed by atoms with Crippen LogP contribution < -0.4 is 18.9 Å². The van der Waals surface area contributed by atoms with E-state index < -0.39 is 56.1 Å². The second-order valence-electron chi connectivity index (χ2n) is 5.28. The molecule has 178 valence electrons. The average Bonchev–Trinajstić information content (AvgIpc) is 2.69. The van der Waals surface area contributed by atoms with Gasteiger partial charge in [-0.2, -0.15) is 35.1 Å². The van der Waals surface area contributed by atoms with Crippen molar-refractivity contribution in [1.82, 2.24) is 0 Å². The van der Waals surface area contributed by atoms with Crippen molar-refractivity contribution in [1.29, 1.82) is 0 Å². The number of benzene rings is 2. The number of aliphatic hydroxyl groups excluding tert-OH is 1. The van der Waals surface area contributed by atoms with Crippen molar-refractivity contribution in [2.45, 2.75) is 33.1 Å². The highest BCUT2D eigenvalue weighted by atomic mass is 19.3. The lowest BCUT2D eigenvalue weighted by Gasteiger charge is -2.12. The Bertz CT molecular complexity index is 850. The molecular weight excluding hydrogens is 464 g/mol. The smallest absolute Gasteiger partial charge is 0.387 e. The summed E-state index contributed by atoms with van der Waals surface area (Å²) in [5.74, 6) is -2.21. The Morgan fingerprint density at radius 3 is 1.47 bits per heavy atom. The van der Waals surface area contributed by atoms with Crippen molar-refractivity contribution in [2.75, 3.05) is 0 Å². The first kappa shape index (κ1) is 26.7. The minimum atomic E-state index is -3.19. The second-order valence-corrected chi connectivity index (χ2v) is 5.28. The van der Waals surface area contributed by atoms with Gasteiger partial charge in [0.1, 0.15) is 6.29 Å². The number of aldehydes is 1. The zero-order valence-corrected chi connectivity index (χ0v) is 15.6. The Morgan fingerprint density at radius 1 is 0.656 bits per heavy atom. The zero-order valence-electron chi connectivity index (χ0n) is 15.6. The minimum Gasteiger partial charge on any atom is -0.431 e. The maximum atomic E-state index is 11.9. The summed E-state index contributed by atoms with van der Waals surface area (Å²) in [6.45, 7) is -13.1. The van der Waals surface area contributed by atoms with Gasteiger partial charge in [-0.25, -0.2) is 0 Å². The van der Waals surface area contributed by atoms with Gasteiger partial charge in [0.15, 0.2) is 23.0 Å². The largest absolute Gasteiger partial charge is 0.431 e. The predicted octanol–water partition coefficient (Wildman–Crippen LogP) is 5.08. The summed E-state index contributed by atoms with van der Waals surface area (Å²) >= 11 is 0. The van der Waals surface area contributed by atoms with Crippen LogP contribution in [-0.4, -0.2) is 37.8 Å². The number of hydrogen-bond acceptors (Lipinski definition) is 6. The Balaban J connectivity index is 0.000000320. The van der Waals surface area contributed by atoms with E-state index in [2.05, 4.69) is 18.9 Å². The van der Waals surface area contributed by atoms with Crippen molar-refractivity contribution in [3.8, 4) is 23.0 Å². The minimum absolute atomic E-state index is 0.0114. The molecule has 2 rings (SSSR count). The lowest BCUT2D eigenvalue weighted by Crippen LogP contribution is -2.08. The topological polar surface area (TPSA) is 74.2 Å². The predicted molar refractivity (Wildman–Crippen MR) is 90.7 cm³/mol. The summed E-state index contributed by atoms with van der Waals surface area (Å²) in [6, 6.07) is 6.27. The van der Waals surface area contributed by atoms with Crippen LogP contribution in [0.3, 0.4) is 0 Å². The quantitative estimate of drug-likeness (QED) is 0.379. The molecule has 0 spiro atoms. The van der Waals surface area contributed by atoms with Gasteiger partial charge in [-0.05, 0) is 35.9 Å². The molecular formula is C18H14F8O6. The highest BCUT2D eigenvalue weighted by Crippen LogP contribution is 2.32. The van der Waals surface area contributed by atoms with Crippen LogP contribution in [0.15, 0.2) is 36.4 Å². The van der Waals surface area contributed by atoms with Crippen molar-refractivity contribution in [3.05, 3.63) is 47.5 Å². The summed E-state index contributed by atoms with van der Waals surface area (Å²) < 4.78 is 111. The summed E-state index contributed by atoms with van der Waals surface area (Å²) in [5, 5.41) is 8.74. The van der Waals surface area contributed by atoms with Crippen LogP contribution in [0.2, 0.25) is 0 Å². The van der Waals surface area contributed by atoms with E-state index in [-0.39, 0.29) is 11.1 Å². The molecule has 6 nitrogen and oxygen atoms in total. The molecule has 0 unspecified atom stereocenters. The fraction of sp³-hybridized carbons (Fsp3) is 0.278. The fourth-order valence-electron chi connectivity index (χ4n) is 2.01. The van der Waals surface area contributed by atoms with E-state index in [1.165, 1.54) is 6.07 Å². The summed E-state index contributed by atoms with van der Waals surface area (Å²) in [5.41, 5.74) is 0.259. The maximum Gasteiger partial charge on any atom is 0.387 e. The van der Waals surface area contributed by atoms with Crippen molar-refractivity contribution in [3.63, 3.8) is 0 Å². The van der Waals surface area contributed by atoms with E-state index in [1.54, 1.807) is 0 Å². The first-order chi connectivity index (χ1) is 15.0. The molecule has 0 aliphatic carbocycles. The highest BCUT2D eigenvalue weighted by Gasteiger charge is 2.16. The van der Waals surface area contributed by atoms with Crippen LogP contribution in [0.1, 0.15) is 15.9 Å². The Kier molecular flexibility index (Phi) is 11.0. The van der Waals surface area contributed by atoms with Crippen LogP contribution in [0.4, 0.5) is 35.1 Å². The molecule has 0 fully saturated rings. The van der Waals surface area contributed by atoms with Gasteiger partial charge in [-0.1, -0.05) is 6.07 Å². The molecule has 32 heavy (non-hydrogen) atoms. The number of alkyl halides is 8. The highest BCUT2D eigenvalue weighted by molar-refractivity contribution is 5.76. The van der Waals surface area contributed by atoms with E-state index >= 15 is 0 Å². The normalized spacial score (nSPS) is 10.8. The van der Waals surface area contributed by atoms with Crippen LogP contribution in [0.5, 0.6) is 23.0 Å². The molecule has 0 bridgehead atoms. The number of hydrogen-bond donors (Lipinski definition) is 1. The molecule has 2 aromatic carbocycles. The Labute approximate surface area is 174 Å². The van der Waals surface area contributed by atoms with E-state index in [0.717, 1.165) is 30.3 Å². The molecule has 0 heterocycles. The molecule has 0 aromatic heterocycles. The van der Waals surface area contributed by atoms with Crippen LogP contribution in [0, 0.1) is 0 Å². The molecule has 0 aliphatic rings. The molecule has 0 amide bonds. The molecule has 0 atom stereocenters. The number of aliphatic hydroxyl groups is 1. The van der Waals surface area contributed by atoms with Crippen molar-refractivity contribution >= 4 is 6.29 Å². The fourth-order valence-corrected chi connectivity index (χ4v) is 2.01. The monoisotopic (exact) mass is 478 g/mol. The standard InChI is InChI=1S/C9H8F4O3.C9H6F4O3/c2*10-8(11)15-6-2-1-5(4-14)3-7(6)16-9(12)13/h1-3,8-9,14H,4H2;1-4,8-9H. The van der Waals surface area contributed by atoms with E-state index in [9.17, 15) is 39.9 Å². The molecule has 0 saturated heterocycles. The van der Waals surface area contributed by atoms with E-state index in [1.807, 2.05) is 0 Å². The van der Waals surface area contributed by atoms with Crippen LogP contribution in [-0.2, 0) is 6.61 Å². The van der Waals surface area contributed by atoms with Gasteiger partial charge in [0.2, 0.25) is 0 Å². The summed E-state index contributed by atoms with van der Waals surface area (Å²) in [4.78, 5) is 10.3. The summed E-state index contributed by atoms with van der Waals surface area (Å²) in [7, 11) is 0. The Hall–Kier alpha value is -3.29. The van der Waals surface area contributed by atoms with Gasteiger partial charge in [0.25, 0.3) is 0 Å². The van der Waals surface area contributed by atoms with Gasteiger partial charge >= 0.3 is 26.4 Å². The number of halogens is 8. The van der Waals surface area contributed by atoms with Gasteiger partial charge in [-0.3, -0.25) is 4.79 Å². The van der Waals surface area contributed by atoms with Crippen LogP contribution in [0.25, 0.3) is 0 Å². The van der Waals surface area contributed by atoms with E-state index in [4.69, 9.17) is 5.11 Å². The first-order valence-electron chi connectivity index (χ1n) is 8.18. The molecule has 14 heteroatoms. The first-order valence-corrected chi connectivity index (χ1v) is 8.18. The third kappa shape index (κ3) is 9.68. The average molecular weight is 478 g/mol. The second kappa shape index (κ2) is 13.2. The van der Waals surface area contributed by atoms with Crippen LogP contribution >= 0.6 is 0 Å². The maximum absolute atomic E-state index is 11.9. The molecule has 2 aromatic rings. The molecule has 0 saturated carbocycles. The molecule has 0 aliphatic heterocycles. The third-order valence-electron chi connectivity index (χ3n) is 3.16. The molecule has 0 radical (unpaired) electrons. The lowest BCUT2D eigenvalue weighted by molar-refractivity contribution is -0.0693.